The molecule has 0 radical (unpaired) electrons. The Morgan fingerprint density at radius 3 is 2.80 bits per heavy atom. The lowest BCUT2D eigenvalue weighted by Crippen LogP contribution is -2.39. The molecule has 0 bridgehead atoms. The Kier molecular flexibility index (Phi) is 5.69. The largest absolute Gasteiger partial charge is 0.468 e. The molecule has 0 amide bonds. The van der Waals surface area contributed by atoms with Crippen molar-refractivity contribution in [3.05, 3.63) is 34.6 Å². The van der Waals surface area contributed by atoms with Crippen LogP contribution in [-0.4, -0.2) is 30.6 Å². The molecular formula is C14H17ClFNO2S. The van der Waals surface area contributed by atoms with Gasteiger partial charge in [-0.2, -0.15) is 11.8 Å². The zero-order valence-electron chi connectivity index (χ0n) is 11.2. The summed E-state index contributed by atoms with van der Waals surface area (Å²) in [4.78, 5) is 11.9. The SMILES string of the molecule is COC(=O)C(NC1CCSCC1)c1ccc(Cl)c(F)c1. The molecule has 0 saturated carbocycles. The quantitative estimate of drug-likeness (QED) is 0.866. The number of nitrogens with one attached hydrogen (secondary N) is 1. The van der Waals surface area contributed by atoms with Crippen LogP contribution in [-0.2, 0) is 9.53 Å². The van der Waals surface area contributed by atoms with Crippen LogP contribution in [0.4, 0.5) is 4.39 Å². The number of benzene rings is 1. The van der Waals surface area contributed by atoms with Crippen molar-refractivity contribution < 1.29 is 13.9 Å². The first-order valence-corrected chi connectivity index (χ1v) is 8.01. The van der Waals surface area contributed by atoms with Gasteiger partial charge >= 0.3 is 5.97 Å². The van der Waals surface area contributed by atoms with Crippen molar-refractivity contribution in [3.63, 3.8) is 0 Å². The minimum Gasteiger partial charge on any atom is -0.468 e. The maximum atomic E-state index is 13.6. The number of thioether (sulfide) groups is 1. The predicted octanol–water partition coefficient (Wildman–Crippen LogP) is 3.18. The topological polar surface area (TPSA) is 38.3 Å². The van der Waals surface area contributed by atoms with Crippen LogP contribution >= 0.6 is 23.4 Å². The second kappa shape index (κ2) is 7.29. The molecule has 2 rings (SSSR count). The van der Waals surface area contributed by atoms with Gasteiger partial charge in [-0.25, -0.2) is 9.18 Å². The van der Waals surface area contributed by atoms with E-state index in [1.54, 1.807) is 6.07 Å². The molecule has 0 aromatic heterocycles. The molecule has 1 N–H and O–H groups in total. The van der Waals surface area contributed by atoms with Gasteiger partial charge in [0.05, 0.1) is 12.1 Å². The Labute approximate surface area is 127 Å². The van der Waals surface area contributed by atoms with Gasteiger partial charge in [-0.1, -0.05) is 17.7 Å². The van der Waals surface area contributed by atoms with Crippen molar-refractivity contribution in [1.82, 2.24) is 5.32 Å². The summed E-state index contributed by atoms with van der Waals surface area (Å²) in [6.45, 7) is 0. The fourth-order valence-electron chi connectivity index (χ4n) is 2.21. The van der Waals surface area contributed by atoms with Crippen molar-refractivity contribution in [1.29, 1.82) is 0 Å². The number of halogens is 2. The van der Waals surface area contributed by atoms with Crippen molar-refractivity contribution in [3.8, 4) is 0 Å². The average molecular weight is 318 g/mol. The Morgan fingerprint density at radius 1 is 1.50 bits per heavy atom. The maximum absolute atomic E-state index is 13.6. The highest BCUT2D eigenvalue weighted by Crippen LogP contribution is 2.24. The smallest absolute Gasteiger partial charge is 0.327 e. The molecule has 1 aliphatic rings. The van der Waals surface area contributed by atoms with E-state index >= 15 is 0 Å². The number of ether oxygens (including phenoxy) is 1. The third kappa shape index (κ3) is 3.87. The van der Waals surface area contributed by atoms with Gasteiger partial charge in [-0.15, -0.1) is 0 Å². The average Bonchev–Trinajstić information content (AvgIpc) is 2.48. The summed E-state index contributed by atoms with van der Waals surface area (Å²) in [5.41, 5.74) is 0.539. The molecule has 20 heavy (non-hydrogen) atoms. The summed E-state index contributed by atoms with van der Waals surface area (Å²) in [6, 6.07) is 3.99. The van der Waals surface area contributed by atoms with Gasteiger partial charge in [0.15, 0.2) is 0 Å². The zero-order valence-corrected chi connectivity index (χ0v) is 12.8. The van der Waals surface area contributed by atoms with Crippen LogP contribution in [0, 0.1) is 5.82 Å². The fourth-order valence-corrected chi connectivity index (χ4v) is 3.43. The van der Waals surface area contributed by atoms with Crippen molar-refractivity contribution >= 4 is 29.3 Å². The van der Waals surface area contributed by atoms with Crippen LogP contribution in [0.3, 0.4) is 0 Å². The highest BCUT2D eigenvalue weighted by atomic mass is 35.5. The highest BCUT2D eigenvalue weighted by Gasteiger charge is 2.26. The first-order chi connectivity index (χ1) is 9.61. The van der Waals surface area contributed by atoms with E-state index in [9.17, 15) is 9.18 Å². The van der Waals surface area contributed by atoms with Crippen LogP contribution in [0.25, 0.3) is 0 Å². The lowest BCUT2D eigenvalue weighted by molar-refractivity contribution is -0.143. The maximum Gasteiger partial charge on any atom is 0.327 e. The summed E-state index contributed by atoms with van der Waals surface area (Å²) in [7, 11) is 1.33. The van der Waals surface area contributed by atoms with E-state index in [1.807, 2.05) is 11.8 Å². The number of methoxy groups -OCH3 is 1. The van der Waals surface area contributed by atoms with E-state index in [2.05, 4.69) is 5.32 Å². The minimum atomic E-state index is -0.653. The molecular weight excluding hydrogens is 301 g/mol. The molecule has 110 valence electrons. The molecule has 1 aliphatic heterocycles. The van der Waals surface area contributed by atoms with E-state index < -0.39 is 17.8 Å². The van der Waals surface area contributed by atoms with Crippen LogP contribution < -0.4 is 5.32 Å². The number of hydrogen-bond donors (Lipinski definition) is 1. The van der Waals surface area contributed by atoms with E-state index in [1.165, 1.54) is 19.2 Å². The van der Waals surface area contributed by atoms with Crippen molar-refractivity contribution in [2.24, 2.45) is 0 Å². The number of carbonyl (C=O) groups excluding carboxylic acids is 1. The lowest BCUT2D eigenvalue weighted by Gasteiger charge is -2.27. The van der Waals surface area contributed by atoms with Crippen LogP contribution in [0.5, 0.6) is 0 Å². The molecule has 0 aliphatic carbocycles. The van der Waals surface area contributed by atoms with Crippen molar-refractivity contribution in [2.45, 2.75) is 24.9 Å². The monoisotopic (exact) mass is 317 g/mol. The van der Waals surface area contributed by atoms with Crippen LogP contribution in [0.15, 0.2) is 18.2 Å². The van der Waals surface area contributed by atoms with Gasteiger partial charge in [0.25, 0.3) is 0 Å². The van der Waals surface area contributed by atoms with Gasteiger partial charge in [0, 0.05) is 6.04 Å². The fraction of sp³-hybridized carbons (Fsp3) is 0.500. The Morgan fingerprint density at radius 2 is 2.20 bits per heavy atom. The predicted molar refractivity (Wildman–Crippen MR) is 79.6 cm³/mol. The number of esters is 1. The molecule has 1 unspecified atom stereocenters. The Hall–Kier alpha value is -0.780. The first-order valence-electron chi connectivity index (χ1n) is 6.48. The van der Waals surface area contributed by atoms with E-state index in [0.29, 0.717) is 5.56 Å². The number of rotatable bonds is 4. The molecule has 1 heterocycles. The molecule has 1 atom stereocenters. The zero-order chi connectivity index (χ0) is 14.5. The standard InChI is InChI=1S/C14H17ClFNO2S/c1-19-14(18)13(17-10-4-6-20-7-5-10)9-2-3-11(15)12(16)8-9/h2-3,8,10,13,17H,4-7H2,1H3. The molecule has 0 spiro atoms. The van der Waals surface area contributed by atoms with Gasteiger partial charge in [0.1, 0.15) is 11.9 Å². The van der Waals surface area contributed by atoms with Gasteiger partial charge in [-0.3, -0.25) is 5.32 Å². The summed E-state index contributed by atoms with van der Waals surface area (Å²) in [5, 5.41) is 3.32. The first kappa shape index (κ1) is 15.6. The number of hydrogen-bond acceptors (Lipinski definition) is 4. The highest BCUT2D eigenvalue weighted by molar-refractivity contribution is 7.99. The summed E-state index contributed by atoms with van der Waals surface area (Å²) in [5.74, 6) is 1.20. The van der Waals surface area contributed by atoms with Crippen LogP contribution in [0.1, 0.15) is 24.4 Å². The van der Waals surface area contributed by atoms with E-state index in [4.69, 9.17) is 16.3 Å². The van der Waals surface area contributed by atoms with Crippen molar-refractivity contribution in [2.75, 3.05) is 18.6 Å². The third-order valence-electron chi connectivity index (χ3n) is 3.34. The molecule has 1 aromatic carbocycles. The van der Waals surface area contributed by atoms with Gasteiger partial charge in [0.2, 0.25) is 0 Å². The lowest BCUT2D eigenvalue weighted by atomic mass is 10.0. The van der Waals surface area contributed by atoms with E-state index in [0.717, 1.165) is 24.3 Å². The molecule has 1 saturated heterocycles. The van der Waals surface area contributed by atoms with Gasteiger partial charge < -0.3 is 4.74 Å². The molecule has 6 heteroatoms. The second-order valence-electron chi connectivity index (χ2n) is 4.68. The van der Waals surface area contributed by atoms with E-state index in [-0.39, 0.29) is 11.1 Å². The van der Waals surface area contributed by atoms with Crippen LogP contribution in [0.2, 0.25) is 5.02 Å². The Bertz CT molecular complexity index is 480. The Balaban J connectivity index is 2.17. The second-order valence-corrected chi connectivity index (χ2v) is 6.31. The molecule has 1 aromatic rings. The third-order valence-corrected chi connectivity index (χ3v) is 4.69. The minimum absolute atomic E-state index is 0.0476. The van der Waals surface area contributed by atoms with Gasteiger partial charge in [-0.05, 0) is 42.0 Å². The molecule has 3 nitrogen and oxygen atoms in total. The summed E-state index contributed by atoms with van der Waals surface area (Å²) in [6.07, 6.45) is 1.99. The number of carbonyl (C=O) groups is 1. The normalized spacial score (nSPS) is 17.8. The molecule has 1 fully saturated rings. The summed E-state index contributed by atoms with van der Waals surface area (Å²) >= 11 is 7.58. The summed E-state index contributed by atoms with van der Waals surface area (Å²) < 4.78 is 18.4.